The zero-order chi connectivity index (χ0) is 9.42. The van der Waals surface area contributed by atoms with Crippen LogP contribution in [-0.4, -0.2) is 15.2 Å². The molecule has 0 fully saturated rings. The van der Waals surface area contributed by atoms with Crippen molar-refractivity contribution in [1.82, 2.24) is 4.98 Å². The van der Waals surface area contributed by atoms with E-state index in [1.54, 1.807) is 12.1 Å². The molecule has 3 nitrogen and oxygen atoms in total. The molecule has 0 atom stereocenters. The number of phenols is 2. The summed E-state index contributed by atoms with van der Waals surface area (Å²) in [5.41, 5.74) is 0.313. The first-order valence-electron chi connectivity index (χ1n) is 3.65. The number of rotatable bonds is 0. The Morgan fingerprint density at radius 3 is 2.85 bits per heavy atom. The van der Waals surface area contributed by atoms with Gasteiger partial charge in [-0.3, -0.25) is 4.98 Å². The van der Waals surface area contributed by atoms with Crippen molar-refractivity contribution >= 4 is 22.5 Å². The monoisotopic (exact) mass is 195 g/mol. The second-order valence-corrected chi connectivity index (χ2v) is 3.03. The van der Waals surface area contributed by atoms with Crippen LogP contribution in [0.3, 0.4) is 0 Å². The molecule has 1 aromatic carbocycles. The molecule has 0 unspecified atom stereocenters. The fourth-order valence-corrected chi connectivity index (χ4v) is 1.37. The number of nitrogens with zero attached hydrogens (tertiary/aromatic N) is 1. The van der Waals surface area contributed by atoms with Crippen molar-refractivity contribution in [2.24, 2.45) is 0 Å². The average Bonchev–Trinajstić information content (AvgIpc) is 2.15. The second kappa shape index (κ2) is 2.78. The maximum absolute atomic E-state index is 9.48. The van der Waals surface area contributed by atoms with E-state index in [1.807, 2.05) is 0 Å². The SMILES string of the molecule is Oc1cc(Cl)c(O)c2ncccc12. The summed E-state index contributed by atoms with van der Waals surface area (Å²) >= 11 is 5.64. The molecule has 2 N–H and O–H groups in total. The van der Waals surface area contributed by atoms with Gasteiger partial charge in [-0.15, -0.1) is 0 Å². The van der Waals surface area contributed by atoms with Gasteiger partial charge in [0.1, 0.15) is 11.3 Å². The third kappa shape index (κ3) is 1.17. The fourth-order valence-electron chi connectivity index (χ4n) is 1.18. The zero-order valence-corrected chi connectivity index (χ0v) is 7.28. The maximum atomic E-state index is 9.48. The molecule has 0 radical (unpaired) electrons. The van der Waals surface area contributed by atoms with Crippen LogP contribution in [0.4, 0.5) is 0 Å². The number of hydrogen-bond donors (Lipinski definition) is 2. The highest BCUT2D eigenvalue weighted by molar-refractivity contribution is 6.33. The van der Waals surface area contributed by atoms with E-state index in [1.165, 1.54) is 12.3 Å². The minimum atomic E-state index is -0.102. The van der Waals surface area contributed by atoms with Crippen molar-refractivity contribution in [2.45, 2.75) is 0 Å². The van der Waals surface area contributed by atoms with Crippen LogP contribution in [0, 0.1) is 0 Å². The van der Waals surface area contributed by atoms with Crippen LogP contribution in [0.2, 0.25) is 5.02 Å². The van der Waals surface area contributed by atoms with E-state index in [0.29, 0.717) is 10.9 Å². The van der Waals surface area contributed by atoms with E-state index >= 15 is 0 Å². The van der Waals surface area contributed by atoms with E-state index < -0.39 is 0 Å². The first-order chi connectivity index (χ1) is 6.20. The van der Waals surface area contributed by atoms with Crippen molar-refractivity contribution < 1.29 is 10.2 Å². The molecule has 4 heteroatoms. The smallest absolute Gasteiger partial charge is 0.160 e. The Bertz CT molecular complexity index is 470. The Kier molecular flexibility index (Phi) is 1.74. The van der Waals surface area contributed by atoms with E-state index in [0.717, 1.165) is 0 Å². The minimum Gasteiger partial charge on any atom is -0.507 e. The van der Waals surface area contributed by atoms with Crippen LogP contribution >= 0.6 is 11.6 Å². The van der Waals surface area contributed by atoms with Crippen molar-refractivity contribution in [2.75, 3.05) is 0 Å². The molecule has 0 aliphatic rings. The van der Waals surface area contributed by atoms with Crippen molar-refractivity contribution in [3.8, 4) is 11.5 Å². The van der Waals surface area contributed by atoms with Gasteiger partial charge in [0.15, 0.2) is 5.75 Å². The lowest BCUT2D eigenvalue weighted by Crippen LogP contribution is -1.80. The van der Waals surface area contributed by atoms with Gasteiger partial charge in [-0.2, -0.15) is 0 Å². The first-order valence-corrected chi connectivity index (χ1v) is 4.03. The normalized spacial score (nSPS) is 10.5. The van der Waals surface area contributed by atoms with Crippen LogP contribution in [-0.2, 0) is 0 Å². The first kappa shape index (κ1) is 8.13. The van der Waals surface area contributed by atoms with E-state index in [9.17, 15) is 10.2 Å². The number of fused-ring (bicyclic) bond motifs is 1. The summed E-state index contributed by atoms with van der Waals surface area (Å²) in [5, 5.41) is 19.5. The van der Waals surface area contributed by atoms with E-state index in [2.05, 4.69) is 4.98 Å². The Hall–Kier alpha value is -1.48. The number of aromatic hydroxyl groups is 2. The summed E-state index contributed by atoms with van der Waals surface area (Å²) in [6.07, 6.45) is 1.53. The molecular weight excluding hydrogens is 190 g/mol. The van der Waals surface area contributed by atoms with E-state index in [4.69, 9.17) is 11.6 Å². The van der Waals surface area contributed by atoms with Gasteiger partial charge >= 0.3 is 0 Å². The summed E-state index contributed by atoms with van der Waals surface area (Å²) in [6.45, 7) is 0. The fraction of sp³-hybridized carbons (Fsp3) is 0. The minimum absolute atomic E-state index is 0.0194. The average molecular weight is 196 g/mol. The Morgan fingerprint density at radius 2 is 2.08 bits per heavy atom. The summed E-state index contributed by atoms with van der Waals surface area (Å²) in [7, 11) is 0. The maximum Gasteiger partial charge on any atom is 0.160 e. The summed E-state index contributed by atoms with van der Waals surface area (Å²) in [4.78, 5) is 3.91. The standard InChI is InChI=1S/C9H6ClNO2/c10-6-4-7(12)5-2-1-3-11-8(5)9(6)13/h1-4,12-13H. The lowest BCUT2D eigenvalue weighted by Gasteiger charge is -2.03. The largest absolute Gasteiger partial charge is 0.507 e. The second-order valence-electron chi connectivity index (χ2n) is 2.63. The summed E-state index contributed by atoms with van der Waals surface area (Å²) < 4.78 is 0. The molecular formula is C9H6ClNO2. The third-order valence-corrected chi connectivity index (χ3v) is 2.09. The molecule has 0 aliphatic heterocycles. The molecule has 0 saturated heterocycles. The molecule has 0 spiro atoms. The summed E-state index contributed by atoms with van der Waals surface area (Å²) in [6, 6.07) is 4.63. The third-order valence-electron chi connectivity index (χ3n) is 1.80. The van der Waals surface area contributed by atoms with Gasteiger partial charge in [-0.25, -0.2) is 0 Å². The van der Waals surface area contributed by atoms with Gasteiger partial charge < -0.3 is 10.2 Å². The van der Waals surface area contributed by atoms with Gasteiger partial charge in [-0.1, -0.05) is 11.6 Å². The van der Waals surface area contributed by atoms with Crippen LogP contribution in [0.25, 0.3) is 10.9 Å². The highest BCUT2D eigenvalue weighted by Crippen LogP contribution is 2.36. The molecule has 2 rings (SSSR count). The Morgan fingerprint density at radius 1 is 1.31 bits per heavy atom. The van der Waals surface area contributed by atoms with Gasteiger partial charge in [-0.05, 0) is 12.1 Å². The van der Waals surface area contributed by atoms with Crippen molar-refractivity contribution in [3.05, 3.63) is 29.4 Å². The van der Waals surface area contributed by atoms with Gasteiger partial charge in [0.2, 0.25) is 0 Å². The van der Waals surface area contributed by atoms with Crippen molar-refractivity contribution in [1.29, 1.82) is 0 Å². The van der Waals surface area contributed by atoms with Crippen LogP contribution < -0.4 is 0 Å². The lowest BCUT2D eigenvalue weighted by molar-refractivity contribution is 0.469. The molecule has 13 heavy (non-hydrogen) atoms. The van der Waals surface area contributed by atoms with Crippen molar-refractivity contribution in [3.63, 3.8) is 0 Å². The number of aromatic nitrogens is 1. The highest BCUT2D eigenvalue weighted by atomic mass is 35.5. The van der Waals surface area contributed by atoms with E-state index in [-0.39, 0.29) is 16.5 Å². The number of halogens is 1. The zero-order valence-electron chi connectivity index (χ0n) is 6.53. The quantitative estimate of drug-likeness (QED) is 0.635. The predicted octanol–water partition coefficient (Wildman–Crippen LogP) is 2.30. The molecule has 1 aromatic heterocycles. The Balaban J connectivity index is 2.97. The molecule has 66 valence electrons. The Labute approximate surface area is 79.2 Å². The molecule has 0 saturated carbocycles. The topological polar surface area (TPSA) is 53.4 Å². The molecule has 0 aliphatic carbocycles. The van der Waals surface area contributed by atoms with Gasteiger partial charge in [0.05, 0.1) is 5.02 Å². The van der Waals surface area contributed by atoms with Gasteiger partial charge in [0.25, 0.3) is 0 Å². The summed E-state index contributed by atoms with van der Waals surface area (Å²) in [5.74, 6) is -0.0824. The van der Waals surface area contributed by atoms with Gasteiger partial charge in [0, 0.05) is 17.6 Å². The van der Waals surface area contributed by atoms with Crippen LogP contribution in [0.5, 0.6) is 11.5 Å². The molecule has 0 amide bonds. The molecule has 2 aromatic rings. The molecule has 1 heterocycles. The number of phenolic OH excluding ortho intramolecular Hbond substituents is 2. The predicted molar refractivity (Wildman–Crippen MR) is 50.1 cm³/mol. The van der Waals surface area contributed by atoms with Crippen LogP contribution in [0.15, 0.2) is 24.4 Å². The lowest BCUT2D eigenvalue weighted by atomic mass is 10.2. The number of benzene rings is 1. The number of pyridine rings is 1. The molecule has 0 bridgehead atoms. The van der Waals surface area contributed by atoms with Crippen LogP contribution in [0.1, 0.15) is 0 Å². The number of hydrogen-bond acceptors (Lipinski definition) is 3. The highest BCUT2D eigenvalue weighted by Gasteiger charge is 2.09.